The summed E-state index contributed by atoms with van der Waals surface area (Å²) in [5.74, 6) is 0.526. The minimum Gasteiger partial charge on any atom is -0.298 e. The lowest BCUT2D eigenvalue weighted by atomic mass is 9.92. The number of nitro groups is 1. The van der Waals surface area contributed by atoms with Gasteiger partial charge in [-0.2, -0.15) is 0 Å². The number of aromatic nitrogens is 1. The van der Waals surface area contributed by atoms with Gasteiger partial charge in [-0.25, -0.2) is 4.98 Å². The summed E-state index contributed by atoms with van der Waals surface area (Å²) in [6, 6.07) is 4.60. The number of rotatable bonds is 4. The summed E-state index contributed by atoms with van der Waals surface area (Å²) in [6.07, 6.45) is 0. The lowest BCUT2D eigenvalue weighted by molar-refractivity contribution is -0.384. The van der Waals surface area contributed by atoms with Gasteiger partial charge in [0.15, 0.2) is 4.34 Å². The maximum Gasteiger partial charge on any atom is 0.270 e. The van der Waals surface area contributed by atoms with E-state index < -0.39 is 4.92 Å². The largest absolute Gasteiger partial charge is 0.298 e. The Labute approximate surface area is 124 Å². The lowest BCUT2D eigenvalue weighted by Gasteiger charge is -2.15. The zero-order chi connectivity index (χ0) is 14.9. The summed E-state index contributed by atoms with van der Waals surface area (Å²) < 4.78 is 1.53. The van der Waals surface area contributed by atoms with Crippen molar-refractivity contribution in [2.45, 2.75) is 25.1 Å². The summed E-state index contributed by atoms with van der Waals surface area (Å²) in [5.41, 5.74) is 0.428. The standard InChI is InChI=1S/C13H14N2O3S2/c1-13(2,3)11(16)7-19-12-14-9-5-4-8(15(17)18)6-10(9)20-12/h4-6H,7H2,1-3H3. The van der Waals surface area contributed by atoms with Crippen molar-refractivity contribution in [3.8, 4) is 0 Å². The smallest absolute Gasteiger partial charge is 0.270 e. The van der Waals surface area contributed by atoms with Crippen LogP contribution in [0.1, 0.15) is 20.8 Å². The van der Waals surface area contributed by atoms with Crippen LogP contribution in [0.2, 0.25) is 0 Å². The molecule has 0 aliphatic rings. The topological polar surface area (TPSA) is 73.1 Å². The number of non-ortho nitro benzene ring substituents is 1. The van der Waals surface area contributed by atoms with Crippen LogP contribution >= 0.6 is 23.1 Å². The Hall–Kier alpha value is -1.47. The predicted octanol–water partition coefficient (Wildman–Crippen LogP) is 3.91. The molecule has 7 heteroatoms. The van der Waals surface area contributed by atoms with E-state index in [4.69, 9.17) is 0 Å². The van der Waals surface area contributed by atoms with Crippen LogP contribution in [0, 0.1) is 15.5 Å². The SMILES string of the molecule is CC(C)(C)C(=O)CSc1nc2ccc([N+](=O)[O-])cc2s1. The van der Waals surface area contributed by atoms with E-state index in [1.165, 1.54) is 35.2 Å². The van der Waals surface area contributed by atoms with Crippen molar-refractivity contribution < 1.29 is 9.72 Å². The molecule has 2 aromatic rings. The summed E-state index contributed by atoms with van der Waals surface area (Å²) in [6.45, 7) is 5.66. The highest BCUT2D eigenvalue weighted by atomic mass is 32.2. The van der Waals surface area contributed by atoms with Crippen LogP contribution < -0.4 is 0 Å². The molecule has 0 saturated heterocycles. The van der Waals surface area contributed by atoms with E-state index in [0.717, 1.165) is 14.6 Å². The number of carbonyl (C=O) groups excluding carboxylic acids is 1. The number of nitrogens with zero attached hydrogens (tertiary/aromatic N) is 2. The molecule has 0 saturated carbocycles. The fourth-order valence-corrected chi connectivity index (χ4v) is 3.67. The highest BCUT2D eigenvalue weighted by molar-refractivity contribution is 8.01. The second-order valence-corrected chi connectivity index (χ2v) is 7.60. The molecule has 20 heavy (non-hydrogen) atoms. The average molecular weight is 310 g/mol. The molecule has 1 aromatic heterocycles. The van der Waals surface area contributed by atoms with Gasteiger partial charge in [0.1, 0.15) is 5.78 Å². The van der Waals surface area contributed by atoms with Crippen LogP contribution in [0.15, 0.2) is 22.5 Å². The number of thioether (sulfide) groups is 1. The first-order chi connectivity index (χ1) is 9.27. The second kappa shape index (κ2) is 5.49. The Morgan fingerprint density at radius 2 is 2.15 bits per heavy atom. The molecule has 0 N–H and O–H groups in total. The first kappa shape index (κ1) is 14.9. The number of nitro benzene ring substituents is 1. The lowest BCUT2D eigenvalue weighted by Crippen LogP contribution is -2.21. The van der Waals surface area contributed by atoms with Gasteiger partial charge in [-0.05, 0) is 6.07 Å². The van der Waals surface area contributed by atoms with E-state index in [-0.39, 0.29) is 16.9 Å². The number of hydrogen-bond acceptors (Lipinski definition) is 6. The molecule has 0 radical (unpaired) electrons. The van der Waals surface area contributed by atoms with Gasteiger partial charge in [0, 0.05) is 17.5 Å². The molecule has 0 unspecified atom stereocenters. The third kappa shape index (κ3) is 3.34. The second-order valence-electron chi connectivity index (χ2n) is 5.35. The number of Topliss-reactive ketones (excluding diaryl/α,β-unsaturated/α-hetero) is 1. The fraction of sp³-hybridized carbons (Fsp3) is 0.385. The molecule has 0 aliphatic carbocycles. The Balaban J connectivity index is 2.16. The molecule has 0 spiro atoms. The van der Waals surface area contributed by atoms with Crippen molar-refractivity contribution in [3.63, 3.8) is 0 Å². The average Bonchev–Trinajstić information content (AvgIpc) is 2.76. The summed E-state index contributed by atoms with van der Waals surface area (Å²) in [7, 11) is 0. The predicted molar refractivity (Wildman–Crippen MR) is 81.5 cm³/mol. The number of carbonyl (C=O) groups is 1. The van der Waals surface area contributed by atoms with Gasteiger partial charge in [0.05, 0.1) is 20.9 Å². The fourth-order valence-electron chi connectivity index (χ4n) is 1.41. The number of thiazole rings is 1. The van der Waals surface area contributed by atoms with Gasteiger partial charge in [-0.15, -0.1) is 11.3 Å². The quantitative estimate of drug-likeness (QED) is 0.486. The van der Waals surface area contributed by atoms with Gasteiger partial charge in [0.2, 0.25) is 0 Å². The van der Waals surface area contributed by atoms with Crippen LogP contribution in [-0.4, -0.2) is 21.4 Å². The Kier molecular flexibility index (Phi) is 4.10. The van der Waals surface area contributed by atoms with Crippen molar-refractivity contribution in [2.75, 3.05) is 5.75 Å². The van der Waals surface area contributed by atoms with Crippen molar-refractivity contribution in [1.29, 1.82) is 0 Å². The van der Waals surface area contributed by atoms with Gasteiger partial charge in [-0.3, -0.25) is 14.9 Å². The monoisotopic (exact) mass is 310 g/mol. The van der Waals surface area contributed by atoms with Gasteiger partial charge < -0.3 is 0 Å². The molecule has 1 aromatic carbocycles. The van der Waals surface area contributed by atoms with Crippen LogP contribution in [-0.2, 0) is 4.79 Å². The molecule has 0 fully saturated rings. The van der Waals surface area contributed by atoms with E-state index in [1.807, 2.05) is 20.8 Å². The zero-order valence-electron chi connectivity index (χ0n) is 11.4. The molecular weight excluding hydrogens is 296 g/mol. The minimum absolute atomic E-state index is 0.0588. The molecule has 2 rings (SSSR count). The third-order valence-electron chi connectivity index (χ3n) is 2.73. The van der Waals surface area contributed by atoms with E-state index in [2.05, 4.69) is 4.98 Å². The highest BCUT2D eigenvalue weighted by Crippen LogP contribution is 2.32. The summed E-state index contributed by atoms with van der Waals surface area (Å²) >= 11 is 2.76. The number of hydrogen-bond donors (Lipinski definition) is 0. The minimum atomic E-state index is -0.422. The van der Waals surface area contributed by atoms with Crippen LogP contribution in [0.5, 0.6) is 0 Å². The van der Waals surface area contributed by atoms with E-state index >= 15 is 0 Å². The molecule has 5 nitrogen and oxygen atoms in total. The van der Waals surface area contributed by atoms with Crippen molar-refractivity contribution in [2.24, 2.45) is 5.41 Å². The number of ketones is 1. The molecular formula is C13H14N2O3S2. The third-order valence-corrected chi connectivity index (χ3v) is 4.89. The maximum atomic E-state index is 11.9. The Morgan fingerprint density at radius 1 is 1.45 bits per heavy atom. The van der Waals surface area contributed by atoms with E-state index in [0.29, 0.717) is 5.75 Å². The van der Waals surface area contributed by atoms with Crippen LogP contribution in [0.3, 0.4) is 0 Å². The molecule has 0 bridgehead atoms. The van der Waals surface area contributed by atoms with E-state index in [1.54, 1.807) is 6.07 Å². The molecule has 1 heterocycles. The zero-order valence-corrected chi connectivity index (χ0v) is 13.0. The molecule has 0 atom stereocenters. The first-order valence-corrected chi connectivity index (χ1v) is 7.78. The van der Waals surface area contributed by atoms with Crippen molar-refractivity contribution in [3.05, 3.63) is 28.3 Å². The Morgan fingerprint density at radius 3 is 2.75 bits per heavy atom. The molecule has 0 aliphatic heterocycles. The maximum absolute atomic E-state index is 11.9. The number of benzene rings is 1. The normalized spacial score (nSPS) is 11.8. The molecule has 0 amide bonds. The van der Waals surface area contributed by atoms with Crippen LogP contribution in [0.4, 0.5) is 5.69 Å². The summed E-state index contributed by atoms with van der Waals surface area (Å²) in [4.78, 5) is 26.5. The van der Waals surface area contributed by atoms with Gasteiger partial charge >= 0.3 is 0 Å². The van der Waals surface area contributed by atoms with Gasteiger partial charge in [0.25, 0.3) is 5.69 Å². The first-order valence-electron chi connectivity index (χ1n) is 5.98. The Bertz CT molecular complexity index is 674. The summed E-state index contributed by atoms with van der Waals surface area (Å²) in [5, 5.41) is 10.7. The van der Waals surface area contributed by atoms with E-state index in [9.17, 15) is 14.9 Å². The molecule has 106 valence electrons. The van der Waals surface area contributed by atoms with Crippen molar-refractivity contribution >= 4 is 44.8 Å². The highest BCUT2D eigenvalue weighted by Gasteiger charge is 2.21. The van der Waals surface area contributed by atoms with Gasteiger partial charge in [-0.1, -0.05) is 32.5 Å². The van der Waals surface area contributed by atoms with Crippen LogP contribution in [0.25, 0.3) is 10.2 Å². The number of fused-ring (bicyclic) bond motifs is 1. The van der Waals surface area contributed by atoms with Crippen molar-refractivity contribution in [1.82, 2.24) is 4.98 Å².